The Morgan fingerprint density at radius 2 is 1.56 bits per heavy atom. The largest absolute Gasteiger partial charge is 0.462 e. The van der Waals surface area contributed by atoms with Crippen LogP contribution in [0.25, 0.3) is 10.8 Å². The zero-order valence-corrected chi connectivity index (χ0v) is 21.0. The Bertz CT molecular complexity index is 1130. The van der Waals surface area contributed by atoms with Gasteiger partial charge in [0.25, 0.3) is 0 Å². The van der Waals surface area contributed by atoms with Crippen LogP contribution in [0.4, 0.5) is 5.00 Å². The fraction of sp³-hybridized carbons (Fsp3) is 0.448. The SMILES string of the molecule is CCOC(=O)c1c(NC(=O)Cc2cccc3ccccc23)sc2c1CCCCCCCCCC2. The molecular formula is C29H35NO3S. The van der Waals surface area contributed by atoms with Gasteiger partial charge in [-0.3, -0.25) is 4.79 Å². The van der Waals surface area contributed by atoms with Gasteiger partial charge >= 0.3 is 5.97 Å². The highest BCUT2D eigenvalue weighted by Crippen LogP contribution is 2.37. The number of thiophene rings is 1. The summed E-state index contributed by atoms with van der Waals surface area (Å²) >= 11 is 1.58. The Morgan fingerprint density at radius 1 is 0.882 bits per heavy atom. The van der Waals surface area contributed by atoms with E-state index in [1.807, 2.05) is 31.2 Å². The highest BCUT2D eigenvalue weighted by atomic mass is 32.1. The van der Waals surface area contributed by atoms with Crippen LogP contribution in [-0.2, 0) is 28.8 Å². The van der Waals surface area contributed by atoms with Gasteiger partial charge in [-0.05, 0) is 54.5 Å². The molecule has 1 aliphatic carbocycles. The second-order valence-corrected chi connectivity index (χ2v) is 10.2. The molecule has 2 aromatic carbocycles. The first-order valence-electron chi connectivity index (χ1n) is 12.8. The van der Waals surface area contributed by atoms with Gasteiger partial charge in [0.1, 0.15) is 5.00 Å². The highest BCUT2D eigenvalue weighted by molar-refractivity contribution is 7.17. The van der Waals surface area contributed by atoms with Gasteiger partial charge in [0, 0.05) is 4.88 Å². The summed E-state index contributed by atoms with van der Waals surface area (Å²) in [5.41, 5.74) is 2.68. The first-order valence-corrected chi connectivity index (χ1v) is 13.6. The maximum Gasteiger partial charge on any atom is 0.341 e. The van der Waals surface area contributed by atoms with E-state index in [2.05, 4.69) is 23.5 Å². The minimum atomic E-state index is -0.312. The number of carbonyl (C=O) groups excluding carboxylic acids is 2. The summed E-state index contributed by atoms with van der Waals surface area (Å²) in [5.74, 6) is -0.410. The number of fused-ring (bicyclic) bond motifs is 2. The van der Waals surface area contributed by atoms with Crippen LogP contribution in [0.5, 0.6) is 0 Å². The van der Waals surface area contributed by atoms with Crippen molar-refractivity contribution in [1.29, 1.82) is 0 Å². The van der Waals surface area contributed by atoms with Crippen molar-refractivity contribution in [1.82, 2.24) is 0 Å². The van der Waals surface area contributed by atoms with Crippen molar-refractivity contribution in [3.05, 3.63) is 64.0 Å². The molecule has 0 saturated heterocycles. The van der Waals surface area contributed by atoms with E-state index in [1.54, 1.807) is 11.3 Å². The van der Waals surface area contributed by atoms with Gasteiger partial charge < -0.3 is 10.1 Å². The van der Waals surface area contributed by atoms with Gasteiger partial charge in [-0.2, -0.15) is 0 Å². The van der Waals surface area contributed by atoms with E-state index >= 15 is 0 Å². The number of benzene rings is 2. The van der Waals surface area contributed by atoms with Gasteiger partial charge in [0.05, 0.1) is 18.6 Å². The third-order valence-electron chi connectivity index (χ3n) is 6.63. The lowest BCUT2D eigenvalue weighted by atomic mass is 9.97. The molecule has 1 N–H and O–H groups in total. The Kier molecular flexibility index (Phi) is 8.75. The number of ether oxygens (including phenoxy) is 1. The smallest absolute Gasteiger partial charge is 0.341 e. The van der Waals surface area contributed by atoms with Crippen LogP contribution >= 0.6 is 11.3 Å². The first kappa shape index (κ1) is 24.5. The predicted molar refractivity (Wildman–Crippen MR) is 141 cm³/mol. The van der Waals surface area contributed by atoms with E-state index in [1.165, 1.54) is 43.4 Å². The summed E-state index contributed by atoms with van der Waals surface area (Å²) in [5, 5.41) is 5.96. The number of amides is 1. The number of anilines is 1. The molecule has 4 rings (SSSR count). The molecule has 0 fully saturated rings. The number of hydrogen-bond acceptors (Lipinski definition) is 4. The number of nitrogens with one attached hydrogen (secondary N) is 1. The predicted octanol–water partition coefficient (Wildman–Crippen LogP) is 7.48. The molecule has 0 atom stereocenters. The zero-order chi connectivity index (χ0) is 23.8. The summed E-state index contributed by atoms with van der Waals surface area (Å²) in [6, 6.07) is 14.2. The summed E-state index contributed by atoms with van der Waals surface area (Å²) in [4.78, 5) is 27.4. The van der Waals surface area contributed by atoms with Crippen LogP contribution in [0.2, 0.25) is 0 Å². The topological polar surface area (TPSA) is 55.4 Å². The van der Waals surface area contributed by atoms with E-state index in [4.69, 9.17) is 4.74 Å². The average molecular weight is 478 g/mol. The van der Waals surface area contributed by atoms with Crippen molar-refractivity contribution in [2.45, 2.75) is 77.6 Å². The minimum absolute atomic E-state index is 0.0980. The molecule has 0 saturated carbocycles. The first-order chi connectivity index (χ1) is 16.7. The van der Waals surface area contributed by atoms with E-state index in [-0.39, 0.29) is 18.3 Å². The fourth-order valence-electron chi connectivity index (χ4n) is 4.92. The van der Waals surface area contributed by atoms with E-state index in [0.29, 0.717) is 17.2 Å². The van der Waals surface area contributed by atoms with Crippen LogP contribution in [0.15, 0.2) is 42.5 Å². The van der Waals surface area contributed by atoms with Gasteiger partial charge in [0.2, 0.25) is 5.91 Å². The van der Waals surface area contributed by atoms with Gasteiger partial charge in [-0.25, -0.2) is 4.79 Å². The van der Waals surface area contributed by atoms with Crippen molar-refractivity contribution in [2.75, 3.05) is 11.9 Å². The van der Waals surface area contributed by atoms with Crippen molar-refractivity contribution >= 4 is 39.0 Å². The third-order valence-corrected chi connectivity index (χ3v) is 7.84. The number of carbonyl (C=O) groups is 2. The Hall–Kier alpha value is -2.66. The van der Waals surface area contributed by atoms with E-state index in [9.17, 15) is 9.59 Å². The lowest BCUT2D eigenvalue weighted by Gasteiger charge is -2.11. The van der Waals surface area contributed by atoms with Crippen LogP contribution < -0.4 is 5.32 Å². The molecule has 0 aliphatic heterocycles. The Labute approximate surface area is 206 Å². The van der Waals surface area contributed by atoms with Gasteiger partial charge in [0.15, 0.2) is 0 Å². The second kappa shape index (κ2) is 12.2. The molecule has 1 aliphatic rings. The van der Waals surface area contributed by atoms with Gasteiger partial charge in [-0.15, -0.1) is 11.3 Å². The monoisotopic (exact) mass is 477 g/mol. The third kappa shape index (κ3) is 6.06. The molecule has 1 amide bonds. The number of aryl methyl sites for hydroxylation is 1. The molecule has 1 heterocycles. The Balaban J connectivity index is 1.60. The molecular weight excluding hydrogens is 442 g/mol. The van der Waals surface area contributed by atoms with E-state index in [0.717, 1.165) is 47.6 Å². The van der Waals surface area contributed by atoms with E-state index < -0.39 is 0 Å². The lowest BCUT2D eigenvalue weighted by molar-refractivity contribution is -0.115. The normalized spacial score (nSPS) is 15.1. The second-order valence-electron chi connectivity index (χ2n) is 9.12. The van der Waals surface area contributed by atoms with Crippen molar-refractivity contribution < 1.29 is 14.3 Å². The molecule has 3 aromatic rings. The van der Waals surface area contributed by atoms with Crippen LogP contribution in [0, 0.1) is 0 Å². The van der Waals surface area contributed by atoms with Crippen molar-refractivity contribution in [2.24, 2.45) is 0 Å². The number of rotatable bonds is 5. The molecule has 34 heavy (non-hydrogen) atoms. The lowest BCUT2D eigenvalue weighted by Crippen LogP contribution is -2.17. The maximum absolute atomic E-state index is 13.2. The minimum Gasteiger partial charge on any atom is -0.462 e. The molecule has 4 nitrogen and oxygen atoms in total. The molecule has 180 valence electrons. The fourth-order valence-corrected chi connectivity index (χ4v) is 6.22. The van der Waals surface area contributed by atoms with Gasteiger partial charge in [-0.1, -0.05) is 81.0 Å². The quantitative estimate of drug-likeness (QED) is 0.388. The maximum atomic E-state index is 13.2. The average Bonchev–Trinajstić information content (AvgIpc) is 3.16. The highest BCUT2D eigenvalue weighted by Gasteiger charge is 2.25. The molecule has 0 spiro atoms. The standard InChI is InChI=1S/C29H35NO3S/c1-2-33-29(32)27-24-18-9-7-5-3-4-6-8-10-19-25(24)34-28(27)30-26(31)20-22-16-13-15-21-14-11-12-17-23(21)22/h11-17H,2-10,18-20H2,1H3,(H,30,31). The van der Waals surface area contributed by atoms with Crippen LogP contribution in [0.3, 0.4) is 0 Å². The summed E-state index contributed by atoms with van der Waals surface area (Å²) in [6.45, 7) is 2.16. The zero-order valence-electron chi connectivity index (χ0n) is 20.2. The molecule has 0 unspecified atom stereocenters. The number of hydrogen-bond donors (Lipinski definition) is 1. The molecule has 5 heteroatoms. The molecule has 0 radical (unpaired) electrons. The summed E-state index contributed by atoms with van der Waals surface area (Å²) < 4.78 is 5.44. The Morgan fingerprint density at radius 3 is 2.32 bits per heavy atom. The molecule has 1 aromatic heterocycles. The number of esters is 1. The van der Waals surface area contributed by atoms with Crippen molar-refractivity contribution in [3.8, 4) is 0 Å². The van der Waals surface area contributed by atoms with Crippen LogP contribution in [-0.4, -0.2) is 18.5 Å². The van der Waals surface area contributed by atoms with Crippen molar-refractivity contribution in [3.63, 3.8) is 0 Å². The van der Waals surface area contributed by atoms with Crippen LogP contribution in [0.1, 0.15) is 84.7 Å². The molecule has 0 bridgehead atoms. The summed E-state index contributed by atoms with van der Waals surface area (Å²) in [7, 11) is 0. The summed E-state index contributed by atoms with van der Waals surface area (Å²) in [6.07, 6.45) is 11.9.